The molecule has 2 aliphatic heterocycles. The highest BCUT2D eigenvalue weighted by Crippen LogP contribution is 2.48. The Balaban J connectivity index is 1.70. The Kier molecular flexibility index (Phi) is 7.19. The summed E-state index contributed by atoms with van der Waals surface area (Å²) in [6.07, 6.45) is 2.50. The molecule has 1 aromatic rings. The molecule has 7 nitrogen and oxygen atoms in total. The average Bonchev–Trinajstić information content (AvgIpc) is 3.08. The molecule has 0 saturated heterocycles. The van der Waals surface area contributed by atoms with Gasteiger partial charge >= 0.3 is 0 Å². The second-order valence-electron chi connectivity index (χ2n) is 9.07. The van der Waals surface area contributed by atoms with Crippen LogP contribution in [0.3, 0.4) is 0 Å². The van der Waals surface area contributed by atoms with Crippen molar-refractivity contribution < 1.29 is 28.5 Å². The van der Waals surface area contributed by atoms with E-state index in [9.17, 15) is 9.59 Å². The fourth-order valence-electron chi connectivity index (χ4n) is 5.02. The van der Waals surface area contributed by atoms with Crippen LogP contribution in [0, 0.1) is 5.92 Å². The van der Waals surface area contributed by atoms with Crippen LogP contribution in [0.2, 0.25) is 0 Å². The van der Waals surface area contributed by atoms with E-state index in [1.165, 1.54) is 0 Å². The van der Waals surface area contributed by atoms with Crippen molar-refractivity contribution in [2.75, 3.05) is 27.4 Å². The lowest BCUT2D eigenvalue weighted by atomic mass is 9.77. The van der Waals surface area contributed by atoms with E-state index in [1.54, 1.807) is 25.2 Å². The van der Waals surface area contributed by atoms with E-state index in [-0.39, 0.29) is 41.0 Å². The number of fused-ring (bicyclic) bond motifs is 1. The molecule has 1 fully saturated rings. The van der Waals surface area contributed by atoms with E-state index in [2.05, 4.69) is 0 Å². The highest BCUT2D eigenvalue weighted by Gasteiger charge is 2.52. The highest BCUT2D eigenvalue weighted by molar-refractivity contribution is 6.21. The normalized spacial score (nSPS) is 26.9. The summed E-state index contributed by atoms with van der Waals surface area (Å²) in [4.78, 5) is 28.9. The van der Waals surface area contributed by atoms with Gasteiger partial charge in [0.05, 0.1) is 37.9 Å². The number of halogens is 1. The van der Waals surface area contributed by atoms with Crippen molar-refractivity contribution in [3.05, 3.63) is 35.1 Å². The zero-order valence-corrected chi connectivity index (χ0v) is 20.4. The van der Waals surface area contributed by atoms with Gasteiger partial charge in [-0.3, -0.25) is 9.59 Å². The maximum Gasteiger partial charge on any atom is 0.290 e. The van der Waals surface area contributed by atoms with Crippen LogP contribution >= 0.6 is 11.6 Å². The van der Waals surface area contributed by atoms with Crippen molar-refractivity contribution in [1.82, 2.24) is 4.90 Å². The van der Waals surface area contributed by atoms with E-state index < -0.39 is 6.04 Å². The molecule has 0 bridgehead atoms. The third kappa shape index (κ3) is 4.58. The Morgan fingerprint density at radius 1 is 1.15 bits per heavy atom. The van der Waals surface area contributed by atoms with Gasteiger partial charge in [0.2, 0.25) is 0 Å². The van der Waals surface area contributed by atoms with Gasteiger partial charge in [-0.15, -0.1) is 11.6 Å². The van der Waals surface area contributed by atoms with Crippen LogP contribution in [0.5, 0.6) is 11.5 Å². The molecular weight excluding hydrogens is 446 g/mol. The third-order valence-corrected chi connectivity index (χ3v) is 6.99. The zero-order valence-electron chi connectivity index (χ0n) is 19.6. The number of hydrogen-bond acceptors (Lipinski definition) is 6. The molecule has 1 aromatic carbocycles. The van der Waals surface area contributed by atoms with Gasteiger partial charge in [-0.2, -0.15) is 0 Å². The minimum Gasteiger partial charge on any atom is -0.493 e. The number of ether oxygens (including phenoxy) is 4. The molecule has 1 aliphatic carbocycles. The van der Waals surface area contributed by atoms with Gasteiger partial charge in [0.15, 0.2) is 23.0 Å². The number of rotatable bonds is 8. The van der Waals surface area contributed by atoms with Crippen LogP contribution in [-0.4, -0.2) is 61.5 Å². The number of amides is 1. The first-order valence-electron chi connectivity index (χ1n) is 11.6. The molecule has 8 heteroatoms. The molecular formula is C25H32ClNO6. The van der Waals surface area contributed by atoms with Crippen molar-refractivity contribution >= 4 is 23.3 Å². The lowest BCUT2D eigenvalue weighted by Crippen LogP contribution is -2.41. The van der Waals surface area contributed by atoms with Crippen LogP contribution < -0.4 is 9.47 Å². The molecule has 1 amide bonds. The summed E-state index contributed by atoms with van der Waals surface area (Å²) in [7, 11) is 3.14. The monoisotopic (exact) mass is 477 g/mol. The van der Waals surface area contributed by atoms with Crippen molar-refractivity contribution in [3.8, 4) is 11.5 Å². The summed E-state index contributed by atoms with van der Waals surface area (Å²) in [6.45, 7) is 4.93. The van der Waals surface area contributed by atoms with Gasteiger partial charge in [0.25, 0.3) is 5.91 Å². The molecule has 0 radical (unpaired) electrons. The zero-order chi connectivity index (χ0) is 23.7. The molecule has 4 rings (SSSR count). The maximum atomic E-state index is 13.7. The quantitative estimate of drug-likeness (QED) is 0.415. The first-order chi connectivity index (χ1) is 15.8. The molecule has 3 aliphatic rings. The van der Waals surface area contributed by atoms with E-state index in [0.717, 1.165) is 12.0 Å². The second kappa shape index (κ2) is 9.94. The minimum atomic E-state index is -0.546. The number of hydrogen-bond donors (Lipinski definition) is 0. The van der Waals surface area contributed by atoms with Gasteiger partial charge in [-0.05, 0) is 57.2 Å². The number of alkyl halides is 1. The smallest absolute Gasteiger partial charge is 0.290 e. The average molecular weight is 478 g/mol. The first kappa shape index (κ1) is 23.9. The molecule has 180 valence electrons. The van der Waals surface area contributed by atoms with Gasteiger partial charge in [0, 0.05) is 18.5 Å². The summed E-state index contributed by atoms with van der Waals surface area (Å²) >= 11 is 6.39. The Morgan fingerprint density at radius 2 is 1.91 bits per heavy atom. The van der Waals surface area contributed by atoms with Gasteiger partial charge in [0.1, 0.15) is 6.10 Å². The van der Waals surface area contributed by atoms with Gasteiger partial charge < -0.3 is 23.8 Å². The van der Waals surface area contributed by atoms with Crippen molar-refractivity contribution in [2.45, 2.75) is 63.2 Å². The summed E-state index contributed by atoms with van der Waals surface area (Å²) in [5.74, 6) is 0.730. The van der Waals surface area contributed by atoms with Crippen LogP contribution in [0.25, 0.3) is 0 Å². The lowest BCUT2D eigenvalue weighted by molar-refractivity contribution is -0.135. The fraction of sp³-hybridized carbons (Fsp3) is 0.600. The number of Topliss-reactive ketones (excluding diaryl/α,β-unsaturated/α-hetero) is 1. The SMILES string of the molecule is COc1ccc(C2C3=C(OC4CCC(Cl)CC4C3=O)C(=O)N2CCCOC(C)C)cc1OC. The number of ketones is 1. The van der Waals surface area contributed by atoms with Gasteiger partial charge in [-0.25, -0.2) is 0 Å². The molecule has 4 unspecified atom stereocenters. The molecule has 0 spiro atoms. The Morgan fingerprint density at radius 3 is 2.61 bits per heavy atom. The largest absolute Gasteiger partial charge is 0.493 e. The molecule has 1 saturated carbocycles. The van der Waals surface area contributed by atoms with E-state index in [4.69, 9.17) is 30.5 Å². The summed E-state index contributed by atoms with van der Waals surface area (Å²) in [5, 5.41) is -0.0538. The van der Waals surface area contributed by atoms with Crippen LogP contribution in [0.15, 0.2) is 29.5 Å². The minimum absolute atomic E-state index is 0.0272. The van der Waals surface area contributed by atoms with E-state index in [0.29, 0.717) is 49.5 Å². The van der Waals surface area contributed by atoms with E-state index in [1.807, 2.05) is 26.0 Å². The van der Waals surface area contributed by atoms with Crippen molar-refractivity contribution in [3.63, 3.8) is 0 Å². The Bertz CT molecular complexity index is 945. The fourth-order valence-corrected chi connectivity index (χ4v) is 5.33. The molecule has 2 heterocycles. The second-order valence-corrected chi connectivity index (χ2v) is 9.69. The van der Waals surface area contributed by atoms with Crippen molar-refractivity contribution in [2.24, 2.45) is 5.92 Å². The summed E-state index contributed by atoms with van der Waals surface area (Å²) in [5.41, 5.74) is 1.22. The number of benzene rings is 1. The number of methoxy groups -OCH3 is 2. The standard InChI is InChI=1S/C25H32ClNO6/c1-14(2)32-11-5-10-27-22(15-6-8-19(30-3)20(12-15)31-4)21-23(28)17-13-16(26)7-9-18(17)33-24(21)25(27)29/h6,8,12,14,16-18,22H,5,7,9-11,13H2,1-4H3. The Hall–Kier alpha value is -2.25. The van der Waals surface area contributed by atoms with Crippen LogP contribution in [-0.2, 0) is 19.1 Å². The molecule has 0 aromatic heterocycles. The topological polar surface area (TPSA) is 74.3 Å². The van der Waals surface area contributed by atoms with E-state index >= 15 is 0 Å². The predicted octanol–water partition coefficient (Wildman–Crippen LogP) is 4.03. The Labute approximate surface area is 199 Å². The predicted molar refractivity (Wildman–Crippen MR) is 124 cm³/mol. The number of carbonyl (C=O) groups excluding carboxylic acids is 2. The van der Waals surface area contributed by atoms with Crippen LogP contribution in [0.4, 0.5) is 0 Å². The number of nitrogens with zero attached hydrogens (tertiary/aromatic N) is 1. The summed E-state index contributed by atoms with van der Waals surface area (Å²) < 4.78 is 22.7. The van der Waals surface area contributed by atoms with Gasteiger partial charge in [-0.1, -0.05) is 6.07 Å². The highest BCUT2D eigenvalue weighted by atomic mass is 35.5. The molecule has 0 N–H and O–H groups in total. The van der Waals surface area contributed by atoms with Crippen molar-refractivity contribution in [1.29, 1.82) is 0 Å². The lowest BCUT2D eigenvalue weighted by Gasteiger charge is -2.37. The maximum absolute atomic E-state index is 13.7. The molecule has 33 heavy (non-hydrogen) atoms. The summed E-state index contributed by atoms with van der Waals surface area (Å²) in [6, 6.07) is 4.95. The third-order valence-electron chi connectivity index (χ3n) is 6.60. The van der Waals surface area contributed by atoms with Crippen LogP contribution in [0.1, 0.15) is 51.1 Å². The molecule has 4 atom stereocenters. The first-order valence-corrected chi connectivity index (χ1v) is 12.0. The number of carbonyl (C=O) groups is 2.